The molecule has 134 valence electrons. The predicted octanol–water partition coefficient (Wildman–Crippen LogP) is 3.67. The van der Waals surface area contributed by atoms with Crippen LogP contribution in [0.15, 0.2) is 24.3 Å². The normalized spacial score (nSPS) is 13.8. The number of amides is 1. The minimum absolute atomic E-state index is 0.140. The largest absolute Gasteiger partial charge is 0.490 e. The molecule has 0 radical (unpaired) electrons. The van der Waals surface area contributed by atoms with E-state index < -0.39 is 0 Å². The topological polar surface area (TPSA) is 59.4 Å². The first-order valence-electron chi connectivity index (χ1n) is 8.75. The van der Waals surface area contributed by atoms with Crippen molar-refractivity contribution in [1.82, 2.24) is 9.78 Å². The van der Waals surface area contributed by atoms with Crippen molar-refractivity contribution in [2.75, 3.05) is 30.4 Å². The zero-order valence-corrected chi connectivity index (χ0v) is 15.5. The van der Waals surface area contributed by atoms with Gasteiger partial charge in [0.25, 0.3) is 5.91 Å². The number of nitrogens with one attached hydrogen (secondary N) is 1. The SMILES string of the molecule is CC(C)c1cc(NC(=O)c2ccc3c(c2)N(C)CCO3)n(C(C)C)n1. The van der Waals surface area contributed by atoms with E-state index in [2.05, 4.69) is 43.0 Å². The van der Waals surface area contributed by atoms with Gasteiger partial charge in [0.05, 0.1) is 17.9 Å². The van der Waals surface area contributed by atoms with Crippen LogP contribution in [0.3, 0.4) is 0 Å². The number of rotatable bonds is 4. The van der Waals surface area contributed by atoms with Gasteiger partial charge in [0.1, 0.15) is 18.2 Å². The van der Waals surface area contributed by atoms with Crippen LogP contribution in [0, 0.1) is 0 Å². The highest BCUT2D eigenvalue weighted by molar-refractivity contribution is 6.04. The molecule has 2 heterocycles. The number of hydrogen-bond acceptors (Lipinski definition) is 4. The standard InChI is InChI=1S/C19H26N4O2/c1-12(2)15-11-18(23(21-15)13(3)4)20-19(24)14-6-7-17-16(10-14)22(5)8-9-25-17/h6-7,10-13H,8-9H2,1-5H3,(H,20,24). The van der Waals surface area contributed by atoms with E-state index in [9.17, 15) is 4.79 Å². The van der Waals surface area contributed by atoms with Gasteiger partial charge in [-0.2, -0.15) is 5.10 Å². The predicted molar refractivity (Wildman–Crippen MR) is 99.9 cm³/mol. The lowest BCUT2D eigenvalue weighted by Gasteiger charge is -2.27. The van der Waals surface area contributed by atoms with Crippen LogP contribution in [-0.4, -0.2) is 35.9 Å². The van der Waals surface area contributed by atoms with Crippen LogP contribution in [0.4, 0.5) is 11.5 Å². The zero-order valence-electron chi connectivity index (χ0n) is 15.5. The minimum atomic E-state index is -0.140. The Balaban J connectivity index is 1.87. The van der Waals surface area contributed by atoms with E-state index in [1.54, 1.807) is 6.07 Å². The van der Waals surface area contributed by atoms with Crippen LogP contribution in [0.1, 0.15) is 55.7 Å². The van der Waals surface area contributed by atoms with E-state index in [4.69, 9.17) is 4.74 Å². The van der Waals surface area contributed by atoms with Crippen molar-refractivity contribution >= 4 is 17.4 Å². The smallest absolute Gasteiger partial charge is 0.256 e. The molecule has 0 bridgehead atoms. The molecule has 1 aliphatic rings. The molecule has 0 unspecified atom stereocenters. The Kier molecular flexibility index (Phi) is 4.70. The third-order valence-corrected chi connectivity index (χ3v) is 4.39. The molecule has 3 rings (SSSR count). The zero-order chi connectivity index (χ0) is 18.1. The number of carbonyl (C=O) groups is 1. The van der Waals surface area contributed by atoms with Gasteiger partial charge in [0.2, 0.25) is 0 Å². The highest BCUT2D eigenvalue weighted by Crippen LogP contribution is 2.32. The molecule has 1 aliphatic heterocycles. The highest BCUT2D eigenvalue weighted by Gasteiger charge is 2.19. The summed E-state index contributed by atoms with van der Waals surface area (Å²) >= 11 is 0. The Labute approximate surface area is 148 Å². The molecule has 0 atom stereocenters. The number of anilines is 2. The molecule has 0 aliphatic carbocycles. The van der Waals surface area contributed by atoms with E-state index >= 15 is 0 Å². The summed E-state index contributed by atoms with van der Waals surface area (Å²) in [6, 6.07) is 7.66. The maximum atomic E-state index is 12.7. The van der Waals surface area contributed by atoms with Crippen molar-refractivity contribution in [2.45, 2.75) is 39.7 Å². The van der Waals surface area contributed by atoms with Gasteiger partial charge in [-0.15, -0.1) is 0 Å². The van der Waals surface area contributed by atoms with E-state index in [0.29, 0.717) is 18.1 Å². The lowest BCUT2D eigenvalue weighted by Crippen LogP contribution is -2.29. The molecule has 0 saturated carbocycles. The third-order valence-electron chi connectivity index (χ3n) is 4.39. The third kappa shape index (κ3) is 3.48. The summed E-state index contributed by atoms with van der Waals surface area (Å²) < 4.78 is 7.50. The van der Waals surface area contributed by atoms with Crippen molar-refractivity contribution in [2.24, 2.45) is 0 Å². The fourth-order valence-electron chi connectivity index (χ4n) is 2.86. The Morgan fingerprint density at radius 1 is 1.24 bits per heavy atom. The molecule has 0 spiro atoms. The van der Waals surface area contributed by atoms with Crippen LogP contribution in [0.25, 0.3) is 0 Å². The number of likely N-dealkylation sites (N-methyl/N-ethyl adjacent to an activating group) is 1. The number of carbonyl (C=O) groups excluding carboxylic acids is 1. The van der Waals surface area contributed by atoms with Crippen LogP contribution in [0.2, 0.25) is 0 Å². The summed E-state index contributed by atoms with van der Waals surface area (Å²) in [6.45, 7) is 9.78. The average molecular weight is 342 g/mol. The summed E-state index contributed by atoms with van der Waals surface area (Å²) in [4.78, 5) is 14.9. The number of benzene rings is 1. The molecular formula is C19H26N4O2. The molecule has 1 aromatic carbocycles. The number of nitrogens with zero attached hydrogens (tertiary/aromatic N) is 3. The van der Waals surface area contributed by atoms with Gasteiger partial charge in [0.15, 0.2) is 0 Å². The minimum Gasteiger partial charge on any atom is -0.490 e. The Morgan fingerprint density at radius 3 is 2.68 bits per heavy atom. The van der Waals surface area contributed by atoms with Crippen LogP contribution >= 0.6 is 0 Å². The quantitative estimate of drug-likeness (QED) is 0.921. The van der Waals surface area contributed by atoms with E-state index in [1.807, 2.05) is 29.9 Å². The lowest BCUT2D eigenvalue weighted by atomic mass is 10.1. The summed E-state index contributed by atoms with van der Waals surface area (Å²) in [6.07, 6.45) is 0. The van der Waals surface area contributed by atoms with Crippen molar-refractivity contribution < 1.29 is 9.53 Å². The fourth-order valence-corrected chi connectivity index (χ4v) is 2.86. The van der Waals surface area contributed by atoms with Gasteiger partial charge in [-0.1, -0.05) is 13.8 Å². The number of hydrogen-bond donors (Lipinski definition) is 1. The summed E-state index contributed by atoms with van der Waals surface area (Å²) in [5, 5.41) is 7.62. The van der Waals surface area contributed by atoms with Crippen molar-refractivity contribution in [3.8, 4) is 5.75 Å². The molecule has 1 amide bonds. The molecule has 1 aromatic heterocycles. The molecule has 1 N–H and O–H groups in total. The summed E-state index contributed by atoms with van der Waals surface area (Å²) in [5.74, 6) is 1.72. The molecule has 6 nitrogen and oxygen atoms in total. The first-order chi connectivity index (χ1) is 11.9. The highest BCUT2D eigenvalue weighted by atomic mass is 16.5. The van der Waals surface area contributed by atoms with Crippen LogP contribution < -0.4 is 15.0 Å². The molecule has 2 aromatic rings. The van der Waals surface area contributed by atoms with Crippen LogP contribution in [0.5, 0.6) is 5.75 Å². The van der Waals surface area contributed by atoms with E-state index in [1.165, 1.54) is 0 Å². The first-order valence-corrected chi connectivity index (χ1v) is 8.75. The first kappa shape index (κ1) is 17.3. The second-order valence-corrected chi connectivity index (χ2v) is 7.05. The number of aromatic nitrogens is 2. The lowest BCUT2D eigenvalue weighted by molar-refractivity contribution is 0.102. The average Bonchev–Trinajstić information content (AvgIpc) is 2.99. The second-order valence-electron chi connectivity index (χ2n) is 7.05. The second kappa shape index (κ2) is 6.78. The Morgan fingerprint density at radius 2 is 2.00 bits per heavy atom. The molecule has 25 heavy (non-hydrogen) atoms. The van der Waals surface area contributed by atoms with Gasteiger partial charge in [-0.25, -0.2) is 4.68 Å². The molecular weight excluding hydrogens is 316 g/mol. The molecule has 6 heteroatoms. The molecule has 0 fully saturated rings. The van der Waals surface area contributed by atoms with Crippen LogP contribution in [-0.2, 0) is 0 Å². The maximum absolute atomic E-state index is 12.7. The monoisotopic (exact) mass is 342 g/mol. The maximum Gasteiger partial charge on any atom is 0.256 e. The van der Waals surface area contributed by atoms with Gasteiger partial charge in [0, 0.05) is 24.7 Å². The van der Waals surface area contributed by atoms with Gasteiger partial charge < -0.3 is 15.0 Å². The van der Waals surface area contributed by atoms with E-state index in [0.717, 1.165) is 29.5 Å². The Bertz CT molecular complexity index is 780. The fraction of sp³-hybridized carbons (Fsp3) is 0.474. The van der Waals surface area contributed by atoms with E-state index in [-0.39, 0.29) is 11.9 Å². The summed E-state index contributed by atoms with van der Waals surface area (Å²) in [5.41, 5.74) is 2.53. The number of ether oxygens (including phenoxy) is 1. The van der Waals surface area contributed by atoms with Gasteiger partial charge >= 0.3 is 0 Å². The Hall–Kier alpha value is -2.50. The van der Waals surface area contributed by atoms with Gasteiger partial charge in [-0.3, -0.25) is 4.79 Å². The molecule has 0 saturated heterocycles. The van der Waals surface area contributed by atoms with Crippen molar-refractivity contribution in [3.63, 3.8) is 0 Å². The van der Waals surface area contributed by atoms with Gasteiger partial charge in [-0.05, 0) is 38.0 Å². The van der Waals surface area contributed by atoms with Crippen molar-refractivity contribution in [1.29, 1.82) is 0 Å². The number of fused-ring (bicyclic) bond motifs is 1. The van der Waals surface area contributed by atoms with Crippen molar-refractivity contribution in [3.05, 3.63) is 35.5 Å². The summed E-state index contributed by atoms with van der Waals surface area (Å²) in [7, 11) is 2.01.